The topological polar surface area (TPSA) is 90.7 Å². The fourth-order valence-electron chi connectivity index (χ4n) is 17.6. The molecule has 0 bridgehead atoms. The van der Waals surface area contributed by atoms with Gasteiger partial charge >= 0.3 is 11.9 Å². The van der Waals surface area contributed by atoms with Crippen LogP contribution >= 0.6 is 0 Å². The maximum absolute atomic E-state index is 15.7. The average molecular weight is 910 g/mol. The van der Waals surface area contributed by atoms with Crippen molar-refractivity contribution in [1.29, 1.82) is 0 Å². The summed E-state index contributed by atoms with van der Waals surface area (Å²) < 4.78 is 14.6. The number of esters is 2. The molecule has 0 radical (unpaired) electrons. The molecule has 1 aromatic heterocycles. The number of aromatic nitrogens is 2. The van der Waals surface area contributed by atoms with E-state index in [1.54, 1.807) is 0 Å². The van der Waals surface area contributed by atoms with Crippen molar-refractivity contribution in [3.63, 3.8) is 0 Å². The molecule has 1 aliphatic heterocycles. The third-order valence-electron chi connectivity index (χ3n) is 21.5. The summed E-state index contributed by atoms with van der Waals surface area (Å²) in [5, 5.41) is 0. The van der Waals surface area contributed by atoms with Crippen LogP contribution < -0.4 is 0 Å². The fourth-order valence-corrected chi connectivity index (χ4v) is 17.6. The van der Waals surface area contributed by atoms with Gasteiger partial charge in [-0.3, -0.25) is 14.4 Å². The molecule has 6 saturated carbocycles. The summed E-state index contributed by atoms with van der Waals surface area (Å²) in [5.41, 5.74) is 3.60. The molecular formula is C59H79N3O5. The maximum Gasteiger partial charge on any atom is 0.309 e. The Morgan fingerprint density at radius 2 is 1.45 bits per heavy atom. The standard InChI is InChI=1S/C59H79N3O5/c1-37(2)40-25-30-59(53(65)62-33-17-22-45(62)50-60-44(35-61(50)10)39-20-15-12-16-21-39)32-31-57(8)41(49(40)59)23-24-47-56(7)28-27-48(55(5,6)46(56)26-29-58(47,57)9)67-52(64)43-34-42(54(43,3)4)51(63)66-36-38-18-13-11-14-19-38/h11-16,18-21,35,40-43,45-49H,1,17,22-34,36H2,2-10H3/t40-,41+,42-,43+,45-,46-,47+,48-,49+,56-,57+,58+,59-/m0/s1. The van der Waals surface area contributed by atoms with E-state index in [0.29, 0.717) is 41.9 Å². The number of carbonyl (C=O) groups is 3. The number of imidazole rings is 1. The minimum Gasteiger partial charge on any atom is -0.462 e. The number of hydrogen-bond acceptors (Lipinski definition) is 6. The van der Waals surface area contributed by atoms with Gasteiger partial charge in [0.25, 0.3) is 0 Å². The molecule has 2 heterocycles. The van der Waals surface area contributed by atoms with Crippen LogP contribution in [0.25, 0.3) is 11.3 Å². The van der Waals surface area contributed by atoms with E-state index in [4.69, 9.17) is 14.5 Å². The lowest BCUT2D eigenvalue weighted by molar-refractivity contribution is -0.251. The molecule has 1 saturated heterocycles. The van der Waals surface area contributed by atoms with Crippen molar-refractivity contribution in [3.05, 3.63) is 90.4 Å². The summed E-state index contributed by atoms with van der Waals surface area (Å²) >= 11 is 0. The summed E-state index contributed by atoms with van der Waals surface area (Å²) in [7, 11) is 2.10. The van der Waals surface area contributed by atoms with E-state index >= 15 is 4.79 Å². The predicted octanol–water partition coefficient (Wildman–Crippen LogP) is 12.7. The van der Waals surface area contributed by atoms with E-state index < -0.39 is 5.41 Å². The first-order valence-corrected chi connectivity index (χ1v) is 26.2. The molecule has 0 unspecified atom stereocenters. The van der Waals surface area contributed by atoms with E-state index in [0.717, 1.165) is 93.4 Å². The summed E-state index contributed by atoms with van der Waals surface area (Å²) in [5.74, 6) is 2.51. The molecule has 8 heteroatoms. The molecule has 6 aliphatic carbocycles. The molecule has 10 rings (SSSR count). The predicted molar refractivity (Wildman–Crippen MR) is 263 cm³/mol. The Kier molecular flexibility index (Phi) is 11.4. The third kappa shape index (κ3) is 6.99. The molecule has 13 atom stereocenters. The largest absolute Gasteiger partial charge is 0.462 e. The van der Waals surface area contributed by atoms with Crippen LogP contribution in [0, 0.1) is 73.9 Å². The first-order valence-electron chi connectivity index (χ1n) is 26.2. The number of benzene rings is 2. The lowest BCUT2D eigenvalue weighted by atomic mass is 9.32. The lowest BCUT2D eigenvalue weighted by Crippen LogP contribution is -2.67. The Hall–Kier alpha value is -4.20. The molecule has 7 aliphatic rings. The van der Waals surface area contributed by atoms with E-state index in [9.17, 15) is 9.59 Å². The van der Waals surface area contributed by atoms with Crippen LogP contribution in [0.1, 0.15) is 156 Å². The monoisotopic (exact) mass is 910 g/mol. The van der Waals surface area contributed by atoms with Crippen LogP contribution in [0.2, 0.25) is 0 Å². The normalized spacial score (nSPS) is 39.2. The van der Waals surface area contributed by atoms with Gasteiger partial charge in [0, 0.05) is 30.8 Å². The van der Waals surface area contributed by atoms with Crippen molar-refractivity contribution in [2.45, 2.75) is 158 Å². The number of ether oxygens (including phenoxy) is 2. The van der Waals surface area contributed by atoms with Crippen LogP contribution in [0.5, 0.6) is 0 Å². The van der Waals surface area contributed by atoms with Gasteiger partial charge < -0.3 is 18.9 Å². The van der Waals surface area contributed by atoms with E-state index in [2.05, 4.69) is 95.1 Å². The summed E-state index contributed by atoms with van der Waals surface area (Å²) in [6.45, 7) is 24.7. The van der Waals surface area contributed by atoms with Gasteiger partial charge in [-0.05, 0) is 147 Å². The van der Waals surface area contributed by atoms with E-state index in [1.807, 2.05) is 50.2 Å². The van der Waals surface area contributed by atoms with Crippen LogP contribution in [0.15, 0.2) is 79.0 Å². The number of rotatable bonds is 9. The molecule has 3 aromatic rings. The van der Waals surface area contributed by atoms with Crippen molar-refractivity contribution in [2.75, 3.05) is 6.54 Å². The molecule has 67 heavy (non-hydrogen) atoms. The number of likely N-dealkylation sites (tertiary alicyclic amines) is 1. The van der Waals surface area contributed by atoms with Gasteiger partial charge in [0.1, 0.15) is 18.5 Å². The summed E-state index contributed by atoms with van der Waals surface area (Å²) in [4.78, 5) is 50.6. The summed E-state index contributed by atoms with van der Waals surface area (Å²) in [6.07, 6.45) is 15.1. The minimum absolute atomic E-state index is 0.00509. The molecular weight excluding hydrogens is 831 g/mol. The van der Waals surface area contributed by atoms with E-state index in [-0.39, 0.29) is 69.6 Å². The van der Waals surface area contributed by atoms with Crippen molar-refractivity contribution in [3.8, 4) is 11.3 Å². The zero-order chi connectivity index (χ0) is 47.5. The lowest BCUT2D eigenvalue weighted by Gasteiger charge is -2.73. The number of carbonyl (C=O) groups excluding carboxylic acids is 3. The maximum atomic E-state index is 15.7. The zero-order valence-electron chi connectivity index (χ0n) is 42.2. The highest BCUT2D eigenvalue weighted by Crippen LogP contribution is 2.78. The van der Waals surface area contributed by atoms with Gasteiger partial charge in [-0.25, -0.2) is 4.98 Å². The summed E-state index contributed by atoms with van der Waals surface area (Å²) in [6, 6.07) is 20.2. The van der Waals surface area contributed by atoms with Crippen LogP contribution in [0.4, 0.5) is 0 Å². The molecule has 0 spiro atoms. The number of allylic oxidation sites excluding steroid dienone is 1. The van der Waals surface area contributed by atoms with Crippen molar-refractivity contribution >= 4 is 17.8 Å². The van der Waals surface area contributed by atoms with Crippen LogP contribution in [0.3, 0.4) is 0 Å². The van der Waals surface area contributed by atoms with Gasteiger partial charge in [0.15, 0.2) is 0 Å². The smallest absolute Gasteiger partial charge is 0.309 e. The molecule has 8 nitrogen and oxygen atoms in total. The quantitative estimate of drug-likeness (QED) is 0.157. The Bertz CT molecular complexity index is 2410. The highest BCUT2D eigenvalue weighted by atomic mass is 16.5. The van der Waals surface area contributed by atoms with Gasteiger partial charge in [-0.2, -0.15) is 0 Å². The van der Waals surface area contributed by atoms with Gasteiger partial charge in [-0.15, -0.1) is 0 Å². The highest BCUT2D eigenvalue weighted by molar-refractivity contribution is 5.85. The Labute approximate surface area is 401 Å². The first kappa shape index (κ1) is 46.5. The molecule has 1 amide bonds. The van der Waals surface area contributed by atoms with Gasteiger partial charge in [0.05, 0.1) is 29.0 Å². The van der Waals surface area contributed by atoms with Crippen molar-refractivity contribution < 1.29 is 23.9 Å². The van der Waals surface area contributed by atoms with Gasteiger partial charge in [0.2, 0.25) is 5.91 Å². The van der Waals surface area contributed by atoms with Crippen LogP contribution in [-0.4, -0.2) is 44.9 Å². The molecule has 7 fully saturated rings. The van der Waals surface area contributed by atoms with Crippen LogP contribution in [-0.2, 0) is 37.5 Å². The molecule has 2 aromatic carbocycles. The van der Waals surface area contributed by atoms with E-state index in [1.165, 1.54) is 18.4 Å². The number of nitrogens with zero attached hydrogens (tertiary/aromatic N) is 3. The second-order valence-corrected chi connectivity index (χ2v) is 25.0. The Balaban J connectivity index is 0.855. The zero-order valence-corrected chi connectivity index (χ0v) is 42.2. The molecule has 0 N–H and O–H groups in total. The second-order valence-electron chi connectivity index (χ2n) is 25.0. The number of hydrogen-bond donors (Lipinski definition) is 0. The van der Waals surface area contributed by atoms with Crippen molar-refractivity contribution in [2.24, 2.45) is 81.0 Å². The van der Waals surface area contributed by atoms with Gasteiger partial charge in [-0.1, -0.05) is 121 Å². The Morgan fingerprint density at radius 1 is 0.746 bits per heavy atom. The Morgan fingerprint density at radius 3 is 2.15 bits per heavy atom. The fraction of sp³-hybridized carbons (Fsp3) is 0.661. The first-order chi connectivity index (χ1) is 31.8. The second kappa shape index (κ2) is 16.5. The molecule has 360 valence electrons. The number of aryl methyl sites for hydroxylation is 1. The van der Waals surface area contributed by atoms with Crippen molar-refractivity contribution in [1.82, 2.24) is 14.5 Å². The average Bonchev–Trinajstić information content (AvgIpc) is 4.05. The third-order valence-corrected chi connectivity index (χ3v) is 21.5. The number of fused-ring (bicyclic) bond motifs is 7. The number of amides is 1. The SMILES string of the molecule is C=C(C)[C@@H]1CC[C@]2(C(=O)N3CCC[C@H]3c3nc(-c4ccccc4)cn3C)CC[C@]3(C)[C@H](CC[C@@H]4[C@@]5(C)CC[C@H](OC(=O)[C@H]6C[C@@H](C(=O)OCc7ccccc7)C6(C)C)C(C)(C)[C@@H]5CC[C@]43C)[C@@H]12. The minimum atomic E-state index is -0.523. The highest BCUT2D eigenvalue weighted by Gasteiger charge is 2.73.